The van der Waals surface area contributed by atoms with Gasteiger partial charge in [-0.1, -0.05) is 60.7 Å². The Morgan fingerprint density at radius 3 is 2.38 bits per heavy atom. The zero-order chi connectivity index (χ0) is 16.4. The lowest BCUT2D eigenvalue weighted by atomic mass is 10.1. The van der Waals surface area contributed by atoms with Gasteiger partial charge in [-0.15, -0.1) is 11.3 Å². The molecule has 4 aromatic rings. The number of anilines is 1. The molecule has 0 atom stereocenters. The average Bonchev–Trinajstić information content (AvgIpc) is 3.07. The second-order valence-electron chi connectivity index (χ2n) is 5.73. The number of fused-ring (bicyclic) bond motifs is 1. The molecule has 0 aliphatic heterocycles. The zero-order valence-corrected chi connectivity index (χ0v) is 14.2. The van der Waals surface area contributed by atoms with E-state index in [1.54, 1.807) is 17.7 Å². The first-order chi connectivity index (χ1) is 11.8. The highest BCUT2D eigenvalue weighted by molar-refractivity contribution is 7.17. The Labute approximate surface area is 145 Å². The number of thiophene rings is 1. The summed E-state index contributed by atoms with van der Waals surface area (Å²) in [6.07, 6.45) is 1.66. The molecule has 0 bridgehead atoms. The Hall–Kier alpha value is -2.72. The molecule has 0 saturated carbocycles. The highest BCUT2D eigenvalue weighted by Gasteiger charge is 2.15. The van der Waals surface area contributed by atoms with Crippen molar-refractivity contribution in [3.8, 4) is 11.1 Å². The van der Waals surface area contributed by atoms with E-state index in [9.17, 15) is 0 Å². The molecular weight excluding hydrogens is 314 g/mol. The number of hydrogen-bond acceptors (Lipinski definition) is 4. The number of hydrogen-bond donors (Lipinski definition) is 0. The third kappa shape index (κ3) is 2.76. The van der Waals surface area contributed by atoms with E-state index in [-0.39, 0.29) is 0 Å². The Kier molecular flexibility index (Phi) is 3.97. The number of nitrogens with zero attached hydrogens (tertiary/aromatic N) is 3. The van der Waals surface area contributed by atoms with Crippen LogP contribution in [0, 0.1) is 0 Å². The lowest BCUT2D eigenvalue weighted by Crippen LogP contribution is -2.18. The number of rotatable bonds is 4. The quantitative estimate of drug-likeness (QED) is 0.527. The van der Waals surface area contributed by atoms with Gasteiger partial charge in [0.2, 0.25) is 0 Å². The maximum Gasteiger partial charge on any atom is 0.141 e. The van der Waals surface area contributed by atoms with E-state index in [2.05, 4.69) is 75.8 Å². The molecule has 0 fully saturated rings. The van der Waals surface area contributed by atoms with Crippen molar-refractivity contribution in [1.29, 1.82) is 0 Å². The smallest absolute Gasteiger partial charge is 0.141 e. The molecule has 0 amide bonds. The zero-order valence-electron chi connectivity index (χ0n) is 13.4. The Morgan fingerprint density at radius 2 is 1.62 bits per heavy atom. The van der Waals surface area contributed by atoms with Gasteiger partial charge in [0, 0.05) is 24.5 Å². The van der Waals surface area contributed by atoms with Crippen molar-refractivity contribution in [2.45, 2.75) is 6.54 Å². The molecule has 0 aliphatic rings. The molecule has 118 valence electrons. The summed E-state index contributed by atoms with van der Waals surface area (Å²) in [4.78, 5) is 12.3. The van der Waals surface area contributed by atoms with Crippen LogP contribution in [0.5, 0.6) is 0 Å². The summed E-state index contributed by atoms with van der Waals surface area (Å²) in [5.74, 6) is 0.976. The van der Waals surface area contributed by atoms with Gasteiger partial charge in [-0.05, 0) is 11.1 Å². The van der Waals surface area contributed by atoms with Gasteiger partial charge in [-0.3, -0.25) is 0 Å². The van der Waals surface area contributed by atoms with E-state index in [0.717, 1.165) is 22.6 Å². The first-order valence-electron chi connectivity index (χ1n) is 7.85. The van der Waals surface area contributed by atoms with Crippen molar-refractivity contribution in [1.82, 2.24) is 9.97 Å². The van der Waals surface area contributed by atoms with Crippen LogP contribution in [0.4, 0.5) is 5.82 Å². The van der Waals surface area contributed by atoms with Crippen molar-refractivity contribution in [3.05, 3.63) is 77.9 Å². The maximum absolute atomic E-state index is 4.58. The van der Waals surface area contributed by atoms with Crippen molar-refractivity contribution in [3.63, 3.8) is 0 Å². The Morgan fingerprint density at radius 1 is 0.917 bits per heavy atom. The standard InChI is InChI=1S/C20H17N3S/c1-23(12-15-8-4-2-5-9-15)19-18-17(16-10-6-3-7-11-16)13-24-20(18)22-14-21-19/h2-11,13-14H,12H2,1H3. The van der Waals surface area contributed by atoms with Crippen LogP contribution in [0.1, 0.15) is 5.56 Å². The molecule has 24 heavy (non-hydrogen) atoms. The van der Waals surface area contributed by atoms with Crippen LogP contribution in [-0.2, 0) is 6.54 Å². The van der Waals surface area contributed by atoms with Crippen LogP contribution >= 0.6 is 11.3 Å². The minimum atomic E-state index is 0.816. The van der Waals surface area contributed by atoms with Gasteiger partial charge in [-0.2, -0.15) is 0 Å². The predicted molar refractivity (Wildman–Crippen MR) is 101 cm³/mol. The lowest BCUT2D eigenvalue weighted by Gasteiger charge is -2.19. The third-order valence-electron chi connectivity index (χ3n) is 4.06. The monoisotopic (exact) mass is 331 g/mol. The predicted octanol–water partition coefficient (Wildman–Crippen LogP) is 4.99. The van der Waals surface area contributed by atoms with E-state index >= 15 is 0 Å². The summed E-state index contributed by atoms with van der Waals surface area (Å²) in [6.45, 7) is 0.816. The second-order valence-corrected chi connectivity index (χ2v) is 6.59. The minimum absolute atomic E-state index is 0.816. The highest BCUT2D eigenvalue weighted by Crippen LogP contribution is 2.37. The number of aromatic nitrogens is 2. The molecule has 4 rings (SSSR count). The molecular formula is C20H17N3S. The normalized spacial score (nSPS) is 10.9. The van der Waals surface area contributed by atoms with E-state index in [1.807, 2.05) is 12.1 Å². The van der Waals surface area contributed by atoms with Crippen molar-refractivity contribution in [2.75, 3.05) is 11.9 Å². The molecule has 0 saturated heterocycles. The molecule has 0 N–H and O–H groups in total. The van der Waals surface area contributed by atoms with Crippen LogP contribution in [-0.4, -0.2) is 17.0 Å². The van der Waals surface area contributed by atoms with E-state index < -0.39 is 0 Å². The van der Waals surface area contributed by atoms with Crippen molar-refractivity contribution >= 4 is 27.4 Å². The van der Waals surface area contributed by atoms with Gasteiger partial charge >= 0.3 is 0 Å². The summed E-state index contributed by atoms with van der Waals surface area (Å²) >= 11 is 1.67. The van der Waals surface area contributed by atoms with Crippen LogP contribution in [0.3, 0.4) is 0 Å². The van der Waals surface area contributed by atoms with Gasteiger partial charge in [0.25, 0.3) is 0 Å². The molecule has 2 aromatic heterocycles. The van der Waals surface area contributed by atoms with Gasteiger partial charge in [0.1, 0.15) is 17.0 Å². The van der Waals surface area contributed by atoms with Gasteiger partial charge in [0.05, 0.1) is 5.39 Å². The van der Waals surface area contributed by atoms with E-state index in [4.69, 9.17) is 0 Å². The first-order valence-corrected chi connectivity index (χ1v) is 8.73. The summed E-state index contributed by atoms with van der Waals surface area (Å²) in [6, 6.07) is 20.9. The van der Waals surface area contributed by atoms with E-state index in [0.29, 0.717) is 0 Å². The average molecular weight is 331 g/mol. The SMILES string of the molecule is CN(Cc1ccccc1)c1ncnc2scc(-c3ccccc3)c12. The Balaban J connectivity index is 1.79. The van der Waals surface area contributed by atoms with E-state index in [1.165, 1.54) is 16.7 Å². The topological polar surface area (TPSA) is 29.0 Å². The van der Waals surface area contributed by atoms with Crippen molar-refractivity contribution in [2.24, 2.45) is 0 Å². The molecule has 0 radical (unpaired) electrons. The van der Waals surface area contributed by atoms with Gasteiger partial charge in [0.15, 0.2) is 0 Å². The van der Waals surface area contributed by atoms with Crippen LogP contribution in [0.25, 0.3) is 21.3 Å². The van der Waals surface area contributed by atoms with Gasteiger partial charge in [-0.25, -0.2) is 9.97 Å². The van der Waals surface area contributed by atoms with Crippen LogP contribution in [0.2, 0.25) is 0 Å². The van der Waals surface area contributed by atoms with Gasteiger partial charge < -0.3 is 4.90 Å². The summed E-state index contributed by atoms with van der Waals surface area (Å²) in [5.41, 5.74) is 3.67. The minimum Gasteiger partial charge on any atom is -0.355 e. The molecule has 2 aromatic carbocycles. The van der Waals surface area contributed by atoms with Crippen LogP contribution < -0.4 is 4.90 Å². The lowest BCUT2D eigenvalue weighted by molar-refractivity contribution is 0.901. The molecule has 4 heteroatoms. The first kappa shape index (κ1) is 14.8. The molecule has 3 nitrogen and oxygen atoms in total. The van der Waals surface area contributed by atoms with Crippen LogP contribution in [0.15, 0.2) is 72.4 Å². The third-order valence-corrected chi connectivity index (χ3v) is 4.95. The summed E-state index contributed by atoms with van der Waals surface area (Å²) < 4.78 is 0. The van der Waals surface area contributed by atoms with Crippen molar-refractivity contribution < 1.29 is 0 Å². The molecule has 0 spiro atoms. The maximum atomic E-state index is 4.58. The fourth-order valence-electron chi connectivity index (χ4n) is 2.91. The molecule has 0 aliphatic carbocycles. The number of benzene rings is 2. The second kappa shape index (κ2) is 6.42. The summed E-state index contributed by atoms with van der Waals surface area (Å²) in [7, 11) is 2.08. The summed E-state index contributed by atoms with van der Waals surface area (Å²) in [5, 5.41) is 3.31. The molecule has 2 heterocycles. The fraction of sp³-hybridized carbons (Fsp3) is 0.100. The highest BCUT2D eigenvalue weighted by atomic mass is 32.1. The molecule has 0 unspecified atom stereocenters. The largest absolute Gasteiger partial charge is 0.355 e. The Bertz CT molecular complexity index is 948. The fourth-order valence-corrected chi connectivity index (χ4v) is 3.82.